The summed E-state index contributed by atoms with van der Waals surface area (Å²) in [6.07, 6.45) is -1.78. The Hall–Kier alpha value is -3.72. The molecule has 0 amide bonds. The van der Waals surface area contributed by atoms with Crippen LogP contribution in [0.25, 0.3) is 22.2 Å². The first kappa shape index (κ1) is 26.3. The molecule has 37 heavy (non-hydrogen) atoms. The summed E-state index contributed by atoms with van der Waals surface area (Å²) in [5, 5.41) is 7.25. The Labute approximate surface area is 214 Å². The highest BCUT2D eigenvalue weighted by atomic mass is 19.4. The summed E-state index contributed by atoms with van der Waals surface area (Å²) in [7, 11) is 0. The number of fused-ring (bicyclic) bond motifs is 1. The van der Waals surface area contributed by atoms with Crippen molar-refractivity contribution >= 4 is 22.4 Å². The molecule has 2 heterocycles. The SMILES string of the molecule is CCNCCOc1cc(Nc2ncnc3cc(-c4ncccc4C(F)(F)F)ccc23)ccc1C(C)(C)C. The van der Waals surface area contributed by atoms with Gasteiger partial charge in [-0.1, -0.05) is 39.8 Å². The smallest absolute Gasteiger partial charge is 0.418 e. The first-order chi connectivity index (χ1) is 17.6. The van der Waals surface area contributed by atoms with Gasteiger partial charge in [0, 0.05) is 35.4 Å². The number of ether oxygens (including phenoxy) is 1. The third kappa shape index (κ3) is 6.17. The number of halogens is 3. The summed E-state index contributed by atoms with van der Waals surface area (Å²) in [5.74, 6) is 1.32. The molecule has 0 unspecified atom stereocenters. The summed E-state index contributed by atoms with van der Waals surface area (Å²) in [6, 6.07) is 13.1. The zero-order chi connectivity index (χ0) is 26.6. The number of nitrogens with zero attached hydrogens (tertiary/aromatic N) is 3. The Morgan fingerprint density at radius 2 is 1.73 bits per heavy atom. The lowest BCUT2D eigenvalue weighted by Crippen LogP contribution is -2.21. The van der Waals surface area contributed by atoms with Gasteiger partial charge < -0.3 is 15.4 Å². The molecule has 0 spiro atoms. The number of benzene rings is 2. The van der Waals surface area contributed by atoms with E-state index in [1.807, 2.05) is 25.1 Å². The Kier molecular flexibility index (Phi) is 7.63. The van der Waals surface area contributed by atoms with Crippen molar-refractivity contribution in [3.8, 4) is 17.0 Å². The summed E-state index contributed by atoms with van der Waals surface area (Å²) < 4.78 is 46.6. The minimum Gasteiger partial charge on any atom is -0.492 e. The fourth-order valence-corrected chi connectivity index (χ4v) is 4.05. The number of hydrogen-bond acceptors (Lipinski definition) is 6. The van der Waals surface area contributed by atoms with Crippen LogP contribution >= 0.6 is 0 Å². The van der Waals surface area contributed by atoms with Crippen LogP contribution in [0.4, 0.5) is 24.7 Å². The average molecular weight is 510 g/mol. The van der Waals surface area contributed by atoms with E-state index in [-0.39, 0.29) is 11.1 Å². The minimum atomic E-state index is -4.51. The third-order valence-electron chi connectivity index (χ3n) is 5.86. The quantitative estimate of drug-likeness (QED) is 0.256. The molecule has 2 aromatic carbocycles. The number of nitrogens with one attached hydrogen (secondary N) is 2. The lowest BCUT2D eigenvalue weighted by molar-refractivity contribution is -0.137. The van der Waals surface area contributed by atoms with Crippen LogP contribution in [-0.4, -0.2) is 34.6 Å². The van der Waals surface area contributed by atoms with Gasteiger partial charge in [-0.15, -0.1) is 0 Å². The predicted octanol–water partition coefficient (Wildman–Crippen LogP) is 6.74. The van der Waals surface area contributed by atoms with Gasteiger partial charge in [0.05, 0.1) is 16.8 Å². The Balaban J connectivity index is 1.67. The van der Waals surface area contributed by atoms with Crippen molar-refractivity contribution in [1.82, 2.24) is 20.3 Å². The molecule has 2 aromatic heterocycles. The first-order valence-corrected chi connectivity index (χ1v) is 12.1. The number of anilines is 2. The van der Waals surface area contributed by atoms with Gasteiger partial charge in [0.15, 0.2) is 0 Å². The highest BCUT2D eigenvalue weighted by molar-refractivity contribution is 5.93. The lowest BCUT2D eigenvalue weighted by Gasteiger charge is -2.24. The molecule has 9 heteroatoms. The molecule has 0 atom stereocenters. The van der Waals surface area contributed by atoms with E-state index >= 15 is 0 Å². The summed E-state index contributed by atoms with van der Waals surface area (Å²) in [6.45, 7) is 10.6. The Morgan fingerprint density at radius 3 is 2.46 bits per heavy atom. The molecular formula is C28H30F3N5O. The summed E-state index contributed by atoms with van der Waals surface area (Å²) >= 11 is 0. The van der Waals surface area contributed by atoms with E-state index in [0.29, 0.717) is 28.9 Å². The second kappa shape index (κ2) is 10.7. The molecule has 4 rings (SSSR count). The standard InChI is InChI=1S/C28H30F3N5O/c1-5-32-13-14-37-24-16-19(9-11-21(24)27(2,3)4)36-26-20-10-8-18(15-23(20)34-17-35-26)25-22(28(29,30)31)7-6-12-33-25/h6-12,15-17,32H,5,13-14H2,1-4H3,(H,34,35,36). The third-order valence-corrected chi connectivity index (χ3v) is 5.86. The second-order valence-electron chi connectivity index (χ2n) is 9.64. The van der Waals surface area contributed by atoms with Crippen LogP contribution in [0.1, 0.15) is 38.8 Å². The maximum absolute atomic E-state index is 13.5. The summed E-state index contributed by atoms with van der Waals surface area (Å²) in [4.78, 5) is 12.7. The van der Waals surface area contributed by atoms with Gasteiger partial charge in [-0.2, -0.15) is 13.2 Å². The predicted molar refractivity (Wildman–Crippen MR) is 140 cm³/mol. The van der Waals surface area contributed by atoms with Gasteiger partial charge in [0.1, 0.15) is 24.5 Å². The highest BCUT2D eigenvalue weighted by Gasteiger charge is 2.34. The molecule has 0 bridgehead atoms. The van der Waals surface area contributed by atoms with Crippen molar-refractivity contribution in [3.63, 3.8) is 0 Å². The molecule has 6 nitrogen and oxygen atoms in total. The molecule has 2 N–H and O–H groups in total. The van der Waals surface area contributed by atoms with Crippen LogP contribution in [0.5, 0.6) is 5.75 Å². The number of alkyl halides is 3. The van der Waals surface area contributed by atoms with E-state index in [2.05, 4.69) is 46.4 Å². The van der Waals surface area contributed by atoms with E-state index in [4.69, 9.17) is 4.74 Å². The zero-order valence-electron chi connectivity index (χ0n) is 21.3. The van der Waals surface area contributed by atoms with Crippen molar-refractivity contribution in [2.45, 2.75) is 39.3 Å². The molecule has 0 saturated heterocycles. The molecule has 0 aliphatic heterocycles. The van der Waals surface area contributed by atoms with Gasteiger partial charge in [-0.25, -0.2) is 9.97 Å². The largest absolute Gasteiger partial charge is 0.492 e. The highest BCUT2D eigenvalue weighted by Crippen LogP contribution is 2.38. The molecule has 0 radical (unpaired) electrons. The fourth-order valence-electron chi connectivity index (χ4n) is 4.05. The molecule has 0 saturated carbocycles. The van der Waals surface area contributed by atoms with E-state index in [0.717, 1.165) is 36.2 Å². The van der Waals surface area contributed by atoms with Gasteiger partial charge in [0.2, 0.25) is 0 Å². The number of aromatic nitrogens is 3. The van der Waals surface area contributed by atoms with Crippen molar-refractivity contribution < 1.29 is 17.9 Å². The Bertz CT molecular complexity index is 1380. The topological polar surface area (TPSA) is 72.0 Å². The van der Waals surface area contributed by atoms with Gasteiger partial charge in [0.25, 0.3) is 0 Å². The van der Waals surface area contributed by atoms with Crippen LogP contribution in [-0.2, 0) is 11.6 Å². The molecule has 4 aromatic rings. The van der Waals surface area contributed by atoms with Crippen molar-refractivity contribution in [1.29, 1.82) is 0 Å². The van der Waals surface area contributed by atoms with Crippen LogP contribution in [0, 0.1) is 0 Å². The molecule has 0 aliphatic carbocycles. The van der Waals surface area contributed by atoms with Crippen molar-refractivity contribution in [2.75, 3.05) is 25.0 Å². The average Bonchev–Trinajstić information content (AvgIpc) is 2.85. The number of likely N-dealkylation sites (N-methyl/N-ethyl adjacent to an activating group) is 1. The molecular weight excluding hydrogens is 479 g/mol. The minimum absolute atomic E-state index is 0.106. The van der Waals surface area contributed by atoms with E-state index in [9.17, 15) is 13.2 Å². The van der Waals surface area contributed by atoms with E-state index in [1.165, 1.54) is 18.6 Å². The lowest BCUT2D eigenvalue weighted by atomic mass is 9.86. The monoisotopic (exact) mass is 509 g/mol. The van der Waals surface area contributed by atoms with Gasteiger partial charge in [-0.05, 0) is 47.9 Å². The van der Waals surface area contributed by atoms with Crippen LogP contribution in [0.2, 0.25) is 0 Å². The number of hydrogen-bond donors (Lipinski definition) is 2. The first-order valence-electron chi connectivity index (χ1n) is 12.1. The number of rotatable bonds is 8. The van der Waals surface area contributed by atoms with Crippen LogP contribution in [0.15, 0.2) is 61.1 Å². The van der Waals surface area contributed by atoms with Gasteiger partial charge in [-0.3, -0.25) is 4.98 Å². The fraction of sp³-hybridized carbons (Fsp3) is 0.321. The van der Waals surface area contributed by atoms with Crippen molar-refractivity contribution in [2.24, 2.45) is 0 Å². The summed E-state index contributed by atoms with van der Waals surface area (Å²) in [5.41, 5.74) is 1.66. The Morgan fingerprint density at radius 1 is 0.919 bits per heavy atom. The molecule has 0 fully saturated rings. The van der Waals surface area contributed by atoms with Gasteiger partial charge >= 0.3 is 6.18 Å². The van der Waals surface area contributed by atoms with Crippen LogP contribution in [0.3, 0.4) is 0 Å². The van der Waals surface area contributed by atoms with Crippen LogP contribution < -0.4 is 15.4 Å². The van der Waals surface area contributed by atoms with E-state index < -0.39 is 11.7 Å². The second-order valence-corrected chi connectivity index (χ2v) is 9.64. The van der Waals surface area contributed by atoms with E-state index in [1.54, 1.807) is 18.2 Å². The number of pyridine rings is 1. The van der Waals surface area contributed by atoms with Crippen molar-refractivity contribution in [3.05, 3.63) is 72.2 Å². The zero-order valence-corrected chi connectivity index (χ0v) is 21.3. The molecule has 194 valence electrons. The maximum atomic E-state index is 13.5. The maximum Gasteiger partial charge on any atom is 0.418 e. The normalized spacial score (nSPS) is 12.1. The molecule has 0 aliphatic rings.